The van der Waals surface area contributed by atoms with Gasteiger partial charge in [-0.15, -0.1) is 0 Å². The Morgan fingerprint density at radius 2 is 1.56 bits per heavy atom. The molecule has 1 aliphatic heterocycles. The van der Waals surface area contributed by atoms with E-state index in [1.165, 1.54) is 32.1 Å². The molecule has 0 radical (unpaired) electrons. The highest BCUT2D eigenvalue weighted by molar-refractivity contribution is 6.46. The van der Waals surface area contributed by atoms with E-state index in [-0.39, 0.29) is 18.3 Å². The average molecular weight is 250 g/mol. The molecule has 0 aromatic carbocycles. The molecule has 0 bridgehead atoms. The molecule has 0 spiro atoms. The van der Waals surface area contributed by atoms with E-state index in [1.54, 1.807) is 0 Å². The molecule has 0 unspecified atom stereocenters. The molecule has 2 fully saturated rings. The minimum absolute atomic E-state index is 0.0742. The van der Waals surface area contributed by atoms with Crippen molar-refractivity contribution in [3.05, 3.63) is 12.2 Å². The number of allylic oxidation sites excluding steroid dienone is 2. The van der Waals surface area contributed by atoms with Crippen LogP contribution in [-0.4, -0.2) is 18.3 Å². The third-order valence-electron chi connectivity index (χ3n) is 4.69. The predicted molar refractivity (Wildman–Crippen MR) is 76.6 cm³/mol. The van der Waals surface area contributed by atoms with Gasteiger partial charge in [-0.2, -0.15) is 0 Å². The maximum atomic E-state index is 5.98. The summed E-state index contributed by atoms with van der Waals surface area (Å²) in [5, 5.41) is 0. The van der Waals surface area contributed by atoms with E-state index in [0.29, 0.717) is 0 Å². The van der Waals surface area contributed by atoms with Gasteiger partial charge < -0.3 is 9.31 Å². The quantitative estimate of drug-likeness (QED) is 0.551. The zero-order chi connectivity index (χ0) is 13.2. The van der Waals surface area contributed by atoms with Crippen molar-refractivity contribution < 1.29 is 9.31 Å². The second-order valence-corrected chi connectivity index (χ2v) is 6.75. The third-order valence-corrected chi connectivity index (χ3v) is 4.69. The van der Waals surface area contributed by atoms with Crippen LogP contribution < -0.4 is 0 Å². The van der Waals surface area contributed by atoms with Crippen molar-refractivity contribution in [2.75, 3.05) is 0 Å². The fraction of sp³-hybridized carbons (Fsp3) is 0.867. The van der Waals surface area contributed by atoms with E-state index < -0.39 is 0 Å². The van der Waals surface area contributed by atoms with Gasteiger partial charge in [0.2, 0.25) is 0 Å². The maximum Gasteiger partial charge on any atom is 0.461 e. The predicted octanol–water partition coefficient (Wildman–Crippen LogP) is 4.22. The van der Waals surface area contributed by atoms with Crippen LogP contribution >= 0.6 is 0 Å². The van der Waals surface area contributed by atoms with Crippen LogP contribution in [0.3, 0.4) is 0 Å². The summed E-state index contributed by atoms with van der Waals surface area (Å²) < 4.78 is 12.0. The van der Waals surface area contributed by atoms with Crippen LogP contribution in [0.2, 0.25) is 6.32 Å². The van der Waals surface area contributed by atoms with E-state index >= 15 is 0 Å². The Morgan fingerprint density at radius 3 is 2.11 bits per heavy atom. The zero-order valence-corrected chi connectivity index (χ0v) is 12.4. The van der Waals surface area contributed by atoms with Gasteiger partial charge in [0, 0.05) is 6.32 Å². The minimum Gasteiger partial charge on any atom is -0.403 e. The Balaban J connectivity index is 1.79. The molecule has 0 aromatic heterocycles. The van der Waals surface area contributed by atoms with Gasteiger partial charge in [0.05, 0.1) is 11.2 Å². The molecular formula is C15H27BO2. The molecule has 1 aliphatic carbocycles. The lowest BCUT2D eigenvalue weighted by Gasteiger charge is -2.32. The monoisotopic (exact) mass is 250 g/mol. The normalized spacial score (nSPS) is 28.1. The molecule has 3 heteroatoms. The van der Waals surface area contributed by atoms with Gasteiger partial charge in [-0.25, -0.2) is 0 Å². The summed E-state index contributed by atoms with van der Waals surface area (Å²) in [6, 6.07) is 0. The first-order valence-electron chi connectivity index (χ1n) is 7.43. The summed E-state index contributed by atoms with van der Waals surface area (Å²) in [6.45, 7) is 8.44. The molecule has 18 heavy (non-hydrogen) atoms. The first kappa shape index (κ1) is 14.1. The topological polar surface area (TPSA) is 18.5 Å². The molecule has 1 heterocycles. The van der Waals surface area contributed by atoms with Gasteiger partial charge in [0.25, 0.3) is 0 Å². The Morgan fingerprint density at radius 1 is 1.00 bits per heavy atom. The van der Waals surface area contributed by atoms with Crippen LogP contribution in [0.25, 0.3) is 0 Å². The number of hydrogen-bond donors (Lipinski definition) is 0. The van der Waals surface area contributed by atoms with Crippen molar-refractivity contribution in [1.82, 2.24) is 0 Å². The molecule has 0 amide bonds. The van der Waals surface area contributed by atoms with E-state index in [1.807, 2.05) is 0 Å². The average Bonchev–Trinajstić information content (AvgIpc) is 2.49. The van der Waals surface area contributed by atoms with Crippen molar-refractivity contribution in [1.29, 1.82) is 0 Å². The maximum absolute atomic E-state index is 5.98. The number of rotatable bonds is 3. The van der Waals surface area contributed by atoms with E-state index in [9.17, 15) is 0 Å². The molecule has 1 saturated carbocycles. The van der Waals surface area contributed by atoms with Crippen molar-refractivity contribution in [3.8, 4) is 0 Å². The molecule has 102 valence electrons. The SMILES string of the molecule is CC1(C)OB(C/C=C\C2CCCCC2)OC1(C)C. The van der Waals surface area contributed by atoms with Crippen LogP contribution in [0, 0.1) is 5.92 Å². The molecule has 2 aliphatic rings. The van der Waals surface area contributed by atoms with Crippen molar-refractivity contribution in [3.63, 3.8) is 0 Å². The van der Waals surface area contributed by atoms with Crippen molar-refractivity contribution in [2.45, 2.75) is 77.3 Å². The van der Waals surface area contributed by atoms with Gasteiger partial charge in [0.15, 0.2) is 0 Å². The second-order valence-electron chi connectivity index (χ2n) is 6.75. The summed E-state index contributed by atoms with van der Waals surface area (Å²) in [5.74, 6) is 0.793. The molecule has 0 N–H and O–H groups in total. The van der Waals surface area contributed by atoms with Crippen LogP contribution in [0.4, 0.5) is 0 Å². The fourth-order valence-electron chi connectivity index (χ4n) is 2.77. The van der Waals surface area contributed by atoms with Gasteiger partial charge >= 0.3 is 7.12 Å². The Labute approximate surface area is 112 Å². The molecular weight excluding hydrogens is 223 g/mol. The molecule has 2 nitrogen and oxygen atoms in total. The van der Waals surface area contributed by atoms with Gasteiger partial charge in [-0.1, -0.05) is 31.4 Å². The minimum atomic E-state index is -0.198. The van der Waals surface area contributed by atoms with Crippen LogP contribution in [0.15, 0.2) is 12.2 Å². The molecule has 1 saturated heterocycles. The number of hydrogen-bond acceptors (Lipinski definition) is 2. The van der Waals surface area contributed by atoms with E-state index in [2.05, 4.69) is 39.8 Å². The van der Waals surface area contributed by atoms with Gasteiger partial charge in [-0.05, 0) is 46.5 Å². The largest absolute Gasteiger partial charge is 0.461 e. The highest BCUT2D eigenvalue weighted by Gasteiger charge is 2.50. The lowest BCUT2D eigenvalue weighted by atomic mass is 9.83. The summed E-state index contributed by atoms with van der Waals surface area (Å²) >= 11 is 0. The summed E-state index contributed by atoms with van der Waals surface area (Å²) in [7, 11) is -0.0742. The van der Waals surface area contributed by atoms with Crippen molar-refractivity contribution >= 4 is 7.12 Å². The molecule has 0 aromatic rings. The Kier molecular flexibility index (Phi) is 4.23. The summed E-state index contributed by atoms with van der Waals surface area (Å²) in [4.78, 5) is 0. The fourth-order valence-corrected chi connectivity index (χ4v) is 2.77. The third kappa shape index (κ3) is 3.18. The first-order valence-corrected chi connectivity index (χ1v) is 7.43. The highest BCUT2D eigenvalue weighted by atomic mass is 16.7. The lowest BCUT2D eigenvalue weighted by Crippen LogP contribution is -2.41. The smallest absolute Gasteiger partial charge is 0.403 e. The van der Waals surface area contributed by atoms with Crippen LogP contribution in [0.1, 0.15) is 59.8 Å². The molecule has 2 rings (SSSR count). The van der Waals surface area contributed by atoms with Crippen LogP contribution in [0.5, 0.6) is 0 Å². The lowest BCUT2D eigenvalue weighted by molar-refractivity contribution is 0.00578. The molecule has 0 atom stereocenters. The first-order chi connectivity index (χ1) is 8.41. The van der Waals surface area contributed by atoms with Gasteiger partial charge in [-0.3, -0.25) is 0 Å². The standard InChI is InChI=1S/C15H27BO2/c1-14(2)15(3,4)18-16(17-14)12-8-11-13-9-6-5-7-10-13/h8,11,13H,5-7,9-10,12H2,1-4H3/b11-8-. The second kappa shape index (κ2) is 5.38. The summed E-state index contributed by atoms with van der Waals surface area (Å²) in [6.07, 6.45) is 12.4. The van der Waals surface area contributed by atoms with Gasteiger partial charge in [0.1, 0.15) is 0 Å². The van der Waals surface area contributed by atoms with E-state index in [0.717, 1.165) is 12.2 Å². The Bertz CT molecular complexity index is 288. The summed E-state index contributed by atoms with van der Waals surface area (Å²) in [5.41, 5.74) is -0.396. The highest BCUT2D eigenvalue weighted by Crippen LogP contribution is 2.37. The zero-order valence-electron chi connectivity index (χ0n) is 12.4. The van der Waals surface area contributed by atoms with Crippen LogP contribution in [-0.2, 0) is 9.31 Å². The Hall–Kier alpha value is -0.275. The van der Waals surface area contributed by atoms with Crippen molar-refractivity contribution in [2.24, 2.45) is 5.92 Å². The van der Waals surface area contributed by atoms with E-state index in [4.69, 9.17) is 9.31 Å².